The molecule has 0 saturated heterocycles. The van der Waals surface area contributed by atoms with E-state index in [1.54, 1.807) is 0 Å². The van der Waals surface area contributed by atoms with E-state index in [9.17, 15) is 0 Å². The monoisotopic (exact) mass is 177 g/mol. The lowest BCUT2D eigenvalue weighted by Gasteiger charge is -1.95. The van der Waals surface area contributed by atoms with Crippen LogP contribution in [-0.2, 0) is 7.05 Å². The Morgan fingerprint density at radius 1 is 1.00 bits per heavy atom. The number of aryl methyl sites for hydroxylation is 4. The maximum atomic E-state index is 4.47. The molecule has 0 aliphatic heterocycles. The van der Waals surface area contributed by atoms with Crippen molar-refractivity contribution in [3.8, 4) is 0 Å². The zero-order chi connectivity index (χ0) is 9.75. The number of nitrogens with zero attached hydrogens (tertiary/aromatic N) is 3. The molecule has 0 unspecified atom stereocenters. The molecule has 0 atom stereocenters. The van der Waals surface area contributed by atoms with Crippen LogP contribution in [0, 0.1) is 27.7 Å². The fourth-order valence-corrected chi connectivity index (χ4v) is 1.80. The molecule has 70 valence electrons. The highest BCUT2D eigenvalue weighted by molar-refractivity contribution is 5.55. The summed E-state index contributed by atoms with van der Waals surface area (Å²) in [5.74, 6) is 1.06. The molecule has 0 N–H and O–H groups in total. The van der Waals surface area contributed by atoms with Gasteiger partial charge in [0.25, 0.3) is 0 Å². The summed E-state index contributed by atoms with van der Waals surface area (Å²) in [6.07, 6.45) is 0. The van der Waals surface area contributed by atoms with Crippen molar-refractivity contribution in [1.29, 1.82) is 0 Å². The fourth-order valence-electron chi connectivity index (χ4n) is 1.80. The lowest BCUT2D eigenvalue weighted by atomic mass is 10.2. The summed E-state index contributed by atoms with van der Waals surface area (Å²) < 4.78 is 4.16. The molecule has 13 heavy (non-hydrogen) atoms. The third-order valence-electron chi connectivity index (χ3n) is 3.01. The minimum atomic E-state index is 1.06. The van der Waals surface area contributed by atoms with Gasteiger partial charge in [-0.25, -0.2) is 4.52 Å². The van der Waals surface area contributed by atoms with Crippen molar-refractivity contribution in [3.05, 3.63) is 22.6 Å². The highest BCUT2D eigenvalue weighted by atomic mass is 15.3. The van der Waals surface area contributed by atoms with Crippen molar-refractivity contribution >= 4 is 5.65 Å². The fraction of sp³-hybridized carbons (Fsp3) is 0.500. The summed E-state index contributed by atoms with van der Waals surface area (Å²) >= 11 is 0. The smallest absolute Gasteiger partial charge is 0.138 e. The third-order valence-corrected chi connectivity index (χ3v) is 3.01. The van der Waals surface area contributed by atoms with Gasteiger partial charge in [-0.1, -0.05) is 0 Å². The van der Waals surface area contributed by atoms with Gasteiger partial charge in [-0.3, -0.25) is 0 Å². The van der Waals surface area contributed by atoms with Crippen LogP contribution in [0.4, 0.5) is 0 Å². The van der Waals surface area contributed by atoms with Crippen LogP contribution < -0.4 is 0 Å². The van der Waals surface area contributed by atoms with E-state index in [4.69, 9.17) is 0 Å². The van der Waals surface area contributed by atoms with Crippen molar-refractivity contribution in [3.63, 3.8) is 0 Å². The van der Waals surface area contributed by atoms with E-state index in [0.29, 0.717) is 0 Å². The highest BCUT2D eigenvalue weighted by Gasteiger charge is 2.13. The van der Waals surface area contributed by atoms with Crippen LogP contribution >= 0.6 is 0 Å². The molecule has 0 spiro atoms. The molecule has 0 saturated carbocycles. The number of hydrogen-bond acceptors (Lipinski definition) is 1. The standard InChI is InChI=1S/C10H15N3/c1-6-7(2)10-12(5)9(4)11-13(10)8(6)3/h1-5H3. The number of rotatable bonds is 0. The van der Waals surface area contributed by atoms with Crippen molar-refractivity contribution in [2.45, 2.75) is 27.7 Å². The maximum Gasteiger partial charge on any atom is 0.138 e. The van der Waals surface area contributed by atoms with Crippen molar-refractivity contribution in [2.75, 3.05) is 0 Å². The highest BCUT2D eigenvalue weighted by Crippen LogP contribution is 2.21. The lowest BCUT2D eigenvalue weighted by molar-refractivity contribution is 0.860. The van der Waals surface area contributed by atoms with E-state index in [2.05, 4.69) is 37.5 Å². The van der Waals surface area contributed by atoms with Gasteiger partial charge in [0.2, 0.25) is 0 Å². The van der Waals surface area contributed by atoms with E-state index in [1.165, 1.54) is 22.5 Å². The number of hydrogen-bond donors (Lipinski definition) is 0. The Hall–Kier alpha value is -1.25. The van der Waals surface area contributed by atoms with Crippen molar-refractivity contribution < 1.29 is 0 Å². The van der Waals surface area contributed by atoms with Crippen molar-refractivity contribution in [1.82, 2.24) is 14.2 Å². The molecule has 3 nitrogen and oxygen atoms in total. The molecule has 2 rings (SSSR count). The Morgan fingerprint density at radius 2 is 1.62 bits per heavy atom. The maximum absolute atomic E-state index is 4.47. The Kier molecular flexibility index (Phi) is 1.53. The predicted molar refractivity (Wildman–Crippen MR) is 53.1 cm³/mol. The molecule has 0 amide bonds. The van der Waals surface area contributed by atoms with Gasteiger partial charge in [-0.05, 0) is 38.8 Å². The lowest BCUT2D eigenvalue weighted by Crippen LogP contribution is -1.92. The first-order valence-corrected chi connectivity index (χ1v) is 4.52. The molecule has 0 aliphatic carbocycles. The first-order chi connectivity index (χ1) is 6.04. The average Bonchev–Trinajstić information content (AvgIpc) is 2.48. The molecule has 2 heterocycles. The van der Waals surface area contributed by atoms with Crippen LogP contribution in [0.3, 0.4) is 0 Å². The van der Waals surface area contributed by atoms with Crippen molar-refractivity contribution in [2.24, 2.45) is 7.05 Å². The van der Waals surface area contributed by atoms with Gasteiger partial charge < -0.3 is 4.57 Å². The Morgan fingerprint density at radius 3 is 2.15 bits per heavy atom. The molecule has 0 radical (unpaired) electrons. The second kappa shape index (κ2) is 2.37. The summed E-state index contributed by atoms with van der Waals surface area (Å²) in [6, 6.07) is 0. The molecular formula is C10H15N3. The minimum absolute atomic E-state index is 1.06. The molecule has 0 aliphatic rings. The molecule has 3 heteroatoms. The van der Waals surface area contributed by atoms with Gasteiger partial charge in [0, 0.05) is 12.7 Å². The molecule has 0 aromatic carbocycles. The third kappa shape index (κ3) is 0.870. The average molecular weight is 177 g/mol. The zero-order valence-corrected chi connectivity index (χ0v) is 8.84. The molecule has 2 aromatic rings. The van der Waals surface area contributed by atoms with Crippen LogP contribution in [0.15, 0.2) is 0 Å². The van der Waals surface area contributed by atoms with Crippen LogP contribution in [0.5, 0.6) is 0 Å². The summed E-state index contributed by atoms with van der Waals surface area (Å²) in [7, 11) is 2.06. The first kappa shape index (κ1) is 8.35. The van der Waals surface area contributed by atoms with Gasteiger partial charge in [0.1, 0.15) is 11.5 Å². The normalized spacial score (nSPS) is 11.5. The molecule has 0 bridgehead atoms. The summed E-state index contributed by atoms with van der Waals surface area (Å²) in [4.78, 5) is 0. The quantitative estimate of drug-likeness (QED) is 0.602. The number of aromatic nitrogens is 3. The SMILES string of the molecule is Cc1c(C)c2n(C)c(C)nn2c1C. The summed E-state index contributed by atoms with van der Waals surface area (Å²) in [6.45, 7) is 8.44. The van der Waals surface area contributed by atoms with Gasteiger partial charge in [0.15, 0.2) is 0 Å². The zero-order valence-electron chi connectivity index (χ0n) is 8.84. The Bertz CT molecular complexity index is 474. The Balaban J connectivity index is 3.01. The summed E-state index contributed by atoms with van der Waals surface area (Å²) in [5, 5.41) is 4.47. The second-order valence-electron chi connectivity index (χ2n) is 3.68. The van der Waals surface area contributed by atoms with Gasteiger partial charge in [-0.15, -0.1) is 0 Å². The van der Waals surface area contributed by atoms with Crippen LogP contribution in [0.1, 0.15) is 22.6 Å². The molecular weight excluding hydrogens is 162 g/mol. The molecule has 2 aromatic heterocycles. The van der Waals surface area contributed by atoms with Gasteiger partial charge >= 0.3 is 0 Å². The van der Waals surface area contributed by atoms with Crippen LogP contribution in [0.25, 0.3) is 5.65 Å². The van der Waals surface area contributed by atoms with E-state index in [0.717, 1.165) is 5.82 Å². The van der Waals surface area contributed by atoms with Gasteiger partial charge in [0.05, 0.1) is 0 Å². The van der Waals surface area contributed by atoms with E-state index < -0.39 is 0 Å². The summed E-state index contributed by atoms with van der Waals surface area (Å²) in [5.41, 5.74) is 5.14. The molecule has 0 fully saturated rings. The first-order valence-electron chi connectivity index (χ1n) is 4.52. The largest absolute Gasteiger partial charge is 0.316 e. The number of fused-ring (bicyclic) bond motifs is 1. The van der Waals surface area contributed by atoms with Crippen LogP contribution in [-0.4, -0.2) is 14.2 Å². The Labute approximate surface area is 78.0 Å². The topological polar surface area (TPSA) is 22.2 Å². The minimum Gasteiger partial charge on any atom is -0.316 e. The second-order valence-corrected chi connectivity index (χ2v) is 3.68. The van der Waals surface area contributed by atoms with E-state index in [-0.39, 0.29) is 0 Å². The van der Waals surface area contributed by atoms with E-state index in [1.807, 2.05) is 11.4 Å². The van der Waals surface area contributed by atoms with E-state index >= 15 is 0 Å². The predicted octanol–water partition coefficient (Wildman–Crippen LogP) is 1.91. The van der Waals surface area contributed by atoms with Gasteiger partial charge in [-0.2, -0.15) is 5.10 Å². The van der Waals surface area contributed by atoms with Crippen LogP contribution in [0.2, 0.25) is 0 Å².